The molecule has 0 N–H and O–H groups in total. The predicted molar refractivity (Wildman–Crippen MR) is 46.8 cm³/mol. The summed E-state index contributed by atoms with van der Waals surface area (Å²) < 4.78 is 5.00. The fourth-order valence-corrected chi connectivity index (χ4v) is 0.968. The number of carbonyl (C=O) groups is 1. The molecule has 68 valence electrons. The number of allylic oxidation sites excluding steroid dienone is 1. The summed E-state index contributed by atoms with van der Waals surface area (Å²) in [7, 11) is 3.78. The molecule has 0 aliphatic carbocycles. The second-order valence-corrected chi connectivity index (χ2v) is 3.70. The molecule has 1 aliphatic heterocycles. The van der Waals surface area contributed by atoms with Crippen molar-refractivity contribution in [3.05, 3.63) is 12.3 Å². The molecule has 1 fully saturated rings. The molecule has 0 radical (unpaired) electrons. The summed E-state index contributed by atoms with van der Waals surface area (Å²) in [5, 5.41) is 0. The molecule has 1 aliphatic rings. The number of hydrogen-bond donors (Lipinski definition) is 0. The van der Waals surface area contributed by atoms with E-state index in [2.05, 4.69) is 0 Å². The lowest BCUT2D eigenvalue weighted by Gasteiger charge is -2.35. The third-order valence-electron chi connectivity index (χ3n) is 1.96. The molecule has 0 atom stereocenters. The van der Waals surface area contributed by atoms with Gasteiger partial charge in [-0.15, -0.1) is 0 Å². The van der Waals surface area contributed by atoms with E-state index in [4.69, 9.17) is 4.74 Å². The quantitative estimate of drug-likeness (QED) is 0.581. The number of rotatable bonds is 3. The van der Waals surface area contributed by atoms with Crippen LogP contribution in [0.3, 0.4) is 0 Å². The Morgan fingerprint density at radius 1 is 1.50 bits per heavy atom. The maximum atomic E-state index is 11.5. The largest absolute Gasteiger partial charge is 0.383 e. The molecule has 0 saturated carbocycles. The lowest BCUT2D eigenvalue weighted by atomic mass is 9.84. The molecule has 3 heteroatoms. The lowest BCUT2D eigenvalue weighted by Crippen LogP contribution is -2.45. The van der Waals surface area contributed by atoms with E-state index in [1.807, 2.05) is 25.9 Å². The maximum Gasteiger partial charge on any atom is 0.167 e. The summed E-state index contributed by atoms with van der Waals surface area (Å²) in [4.78, 5) is 13.3. The van der Waals surface area contributed by atoms with Crippen molar-refractivity contribution in [2.45, 2.75) is 6.92 Å². The summed E-state index contributed by atoms with van der Waals surface area (Å²) in [5.74, 6) is 0.155. The van der Waals surface area contributed by atoms with Gasteiger partial charge in [0.15, 0.2) is 5.78 Å². The van der Waals surface area contributed by atoms with Crippen LogP contribution in [0, 0.1) is 5.41 Å². The van der Waals surface area contributed by atoms with E-state index in [0.29, 0.717) is 13.2 Å². The zero-order chi connectivity index (χ0) is 9.19. The highest BCUT2D eigenvalue weighted by Gasteiger charge is 2.39. The van der Waals surface area contributed by atoms with Crippen LogP contribution in [0.4, 0.5) is 0 Å². The van der Waals surface area contributed by atoms with Crippen LogP contribution in [0.5, 0.6) is 0 Å². The van der Waals surface area contributed by atoms with Crippen molar-refractivity contribution < 1.29 is 9.53 Å². The maximum absolute atomic E-state index is 11.5. The Balaban J connectivity index is 2.48. The molecule has 1 heterocycles. The first-order chi connectivity index (χ1) is 5.54. The van der Waals surface area contributed by atoms with Crippen LogP contribution < -0.4 is 0 Å². The molecule has 3 nitrogen and oxygen atoms in total. The Labute approximate surface area is 73.0 Å². The normalized spacial score (nSPS) is 20.6. The molecule has 1 rings (SSSR count). The van der Waals surface area contributed by atoms with Crippen LogP contribution in [0.25, 0.3) is 0 Å². The molecule has 12 heavy (non-hydrogen) atoms. The van der Waals surface area contributed by atoms with Crippen molar-refractivity contribution in [1.82, 2.24) is 4.90 Å². The first kappa shape index (κ1) is 9.26. The monoisotopic (exact) mass is 169 g/mol. The molecular weight excluding hydrogens is 154 g/mol. The minimum atomic E-state index is -0.257. The van der Waals surface area contributed by atoms with E-state index in [1.54, 1.807) is 12.3 Å². The van der Waals surface area contributed by atoms with Crippen molar-refractivity contribution in [1.29, 1.82) is 0 Å². The smallest absolute Gasteiger partial charge is 0.167 e. The third kappa shape index (κ3) is 1.85. The van der Waals surface area contributed by atoms with Crippen molar-refractivity contribution in [2.75, 3.05) is 27.3 Å². The van der Waals surface area contributed by atoms with Crippen molar-refractivity contribution in [2.24, 2.45) is 5.41 Å². The van der Waals surface area contributed by atoms with Gasteiger partial charge in [-0.3, -0.25) is 4.79 Å². The van der Waals surface area contributed by atoms with Crippen LogP contribution in [0.2, 0.25) is 0 Å². The van der Waals surface area contributed by atoms with Crippen LogP contribution >= 0.6 is 0 Å². The average Bonchev–Trinajstić information content (AvgIpc) is 1.95. The fourth-order valence-electron chi connectivity index (χ4n) is 0.968. The van der Waals surface area contributed by atoms with Gasteiger partial charge in [-0.25, -0.2) is 0 Å². The van der Waals surface area contributed by atoms with Crippen molar-refractivity contribution in [3.63, 3.8) is 0 Å². The molecule has 0 unspecified atom stereocenters. The molecule has 1 saturated heterocycles. The second kappa shape index (κ2) is 3.27. The SMILES string of the molecule is CN(C)/C=C/C(=O)C1(C)COC1. The summed E-state index contributed by atoms with van der Waals surface area (Å²) in [6, 6.07) is 0. The highest BCUT2D eigenvalue weighted by atomic mass is 16.5. The van der Waals surface area contributed by atoms with Crippen LogP contribution in [0.15, 0.2) is 12.3 Å². The highest BCUT2D eigenvalue weighted by molar-refractivity contribution is 5.95. The Hall–Kier alpha value is -0.830. The zero-order valence-electron chi connectivity index (χ0n) is 7.83. The topological polar surface area (TPSA) is 29.5 Å². The van der Waals surface area contributed by atoms with Gasteiger partial charge in [-0.05, 0) is 13.0 Å². The minimum Gasteiger partial charge on any atom is -0.383 e. The van der Waals surface area contributed by atoms with E-state index in [-0.39, 0.29) is 11.2 Å². The van der Waals surface area contributed by atoms with Crippen LogP contribution in [-0.4, -0.2) is 38.0 Å². The number of carbonyl (C=O) groups excluding carboxylic acids is 1. The van der Waals surface area contributed by atoms with E-state index in [1.165, 1.54) is 0 Å². The highest BCUT2D eigenvalue weighted by Crippen LogP contribution is 2.27. The molecule has 0 aromatic carbocycles. The summed E-state index contributed by atoms with van der Waals surface area (Å²) in [5.41, 5.74) is -0.257. The van der Waals surface area contributed by atoms with Gasteiger partial charge in [0.1, 0.15) is 0 Å². The van der Waals surface area contributed by atoms with E-state index in [0.717, 1.165) is 0 Å². The predicted octanol–water partition coefficient (Wildman–Crippen LogP) is 0.667. The van der Waals surface area contributed by atoms with Gasteiger partial charge < -0.3 is 9.64 Å². The van der Waals surface area contributed by atoms with E-state index in [9.17, 15) is 4.79 Å². The number of nitrogens with zero attached hydrogens (tertiary/aromatic N) is 1. The molecule has 0 aromatic rings. The zero-order valence-corrected chi connectivity index (χ0v) is 7.83. The first-order valence-corrected chi connectivity index (χ1v) is 4.01. The molecule has 0 bridgehead atoms. The van der Waals surface area contributed by atoms with Crippen molar-refractivity contribution >= 4 is 5.78 Å². The lowest BCUT2D eigenvalue weighted by molar-refractivity contribution is -0.150. The van der Waals surface area contributed by atoms with E-state index >= 15 is 0 Å². The summed E-state index contributed by atoms with van der Waals surface area (Å²) in [6.45, 7) is 3.05. The molecular formula is C9H15NO2. The molecule has 0 aromatic heterocycles. The second-order valence-electron chi connectivity index (χ2n) is 3.70. The number of ketones is 1. The average molecular weight is 169 g/mol. The Bertz CT molecular complexity index is 205. The number of hydrogen-bond acceptors (Lipinski definition) is 3. The molecule has 0 spiro atoms. The Morgan fingerprint density at radius 2 is 2.08 bits per heavy atom. The van der Waals surface area contributed by atoms with Gasteiger partial charge in [0.2, 0.25) is 0 Å². The minimum absolute atomic E-state index is 0.155. The fraction of sp³-hybridized carbons (Fsp3) is 0.667. The summed E-state index contributed by atoms with van der Waals surface area (Å²) in [6.07, 6.45) is 3.38. The van der Waals surface area contributed by atoms with Crippen molar-refractivity contribution in [3.8, 4) is 0 Å². The van der Waals surface area contributed by atoms with Gasteiger partial charge >= 0.3 is 0 Å². The Kier molecular flexibility index (Phi) is 2.52. The van der Waals surface area contributed by atoms with Crippen LogP contribution in [-0.2, 0) is 9.53 Å². The first-order valence-electron chi connectivity index (χ1n) is 4.01. The molecule has 0 amide bonds. The third-order valence-corrected chi connectivity index (χ3v) is 1.96. The van der Waals surface area contributed by atoms with Gasteiger partial charge in [-0.1, -0.05) is 0 Å². The Morgan fingerprint density at radius 3 is 2.42 bits per heavy atom. The standard InChI is InChI=1S/C9H15NO2/c1-9(6-12-7-9)8(11)4-5-10(2)3/h4-5H,6-7H2,1-3H3/b5-4+. The van der Waals surface area contributed by atoms with Gasteiger partial charge in [0.05, 0.1) is 18.6 Å². The van der Waals surface area contributed by atoms with Gasteiger partial charge in [0, 0.05) is 20.3 Å². The summed E-state index contributed by atoms with van der Waals surface area (Å²) >= 11 is 0. The van der Waals surface area contributed by atoms with Gasteiger partial charge in [-0.2, -0.15) is 0 Å². The van der Waals surface area contributed by atoms with E-state index < -0.39 is 0 Å². The van der Waals surface area contributed by atoms with Gasteiger partial charge in [0.25, 0.3) is 0 Å². The van der Waals surface area contributed by atoms with Crippen LogP contribution in [0.1, 0.15) is 6.92 Å². The number of ether oxygens (including phenoxy) is 1.